The van der Waals surface area contributed by atoms with Crippen LogP contribution in [0.2, 0.25) is 10.0 Å². The number of ether oxygens (including phenoxy) is 4. The molecule has 3 atom stereocenters. The molecule has 0 radical (unpaired) electrons. The van der Waals surface area contributed by atoms with Crippen molar-refractivity contribution in [1.82, 2.24) is 39.5 Å². The Labute approximate surface area is 323 Å². The molecule has 18 heteroatoms. The first-order valence-corrected chi connectivity index (χ1v) is 18.4. The molecular weight excluding hydrogens is 799 g/mol. The monoisotopic (exact) mass is 835 g/mol. The molecule has 1 aliphatic carbocycles. The zero-order valence-corrected chi connectivity index (χ0v) is 32.4. The quantitative estimate of drug-likeness (QED) is 0.117. The highest BCUT2D eigenvalue weighted by Gasteiger charge is 2.43. The molecule has 2 aromatic carbocycles. The summed E-state index contributed by atoms with van der Waals surface area (Å²) in [5.41, 5.74) is 0.984. The fourth-order valence-corrected chi connectivity index (χ4v) is 7.39. The number of methoxy groups -OCH3 is 2. The van der Waals surface area contributed by atoms with Crippen LogP contribution in [0.15, 0.2) is 53.5 Å². The average molecular weight is 838 g/mol. The van der Waals surface area contributed by atoms with Crippen molar-refractivity contribution in [1.29, 1.82) is 0 Å². The van der Waals surface area contributed by atoms with Gasteiger partial charge in [0.2, 0.25) is 4.73 Å². The number of anilines is 1. The number of piperidine rings is 1. The summed E-state index contributed by atoms with van der Waals surface area (Å²) in [5, 5.41) is 9.30. The minimum absolute atomic E-state index is 0.227. The van der Waals surface area contributed by atoms with Crippen molar-refractivity contribution < 1.29 is 27.7 Å². The van der Waals surface area contributed by atoms with Gasteiger partial charge in [-0.3, -0.25) is 0 Å². The Balaban J connectivity index is 0.000000214. The second kappa shape index (κ2) is 17.9. The molecule has 0 N–H and O–H groups in total. The van der Waals surface area contributed by atoms with Gasteiger partial charge in [0.1, 0.15) is 35.3 Å². The van der Waals surface area contributed by atoms with Crippen LogP contribution in [0.4, 0.5) is 14.6 Å². The number of fused-ring (bicyclic) bond motifs is 2. The van der Waals surface area contributed by atoms with Crippen LogP contribution in [0, 0.1) is 36.3 Å². The molecule has 2 aliphatic rings. The maximum absolute atomic E-state index is 13.8. The van der Waals surface area contributed by atoms with E-state index in [0.29, 0.717) is 54.8 Å². The Morgan fingerprint density at radius 2 is 1.34 bits per heavy atom. The highest BCUT2D eigenvalue weighted by atomic mass is 79.9. The minimum atomic E-state index is -0.482. The lowest BCUT2D eigenvalue weighted by Crippen LogP contribution is -2.43. The molecule has 0 spiro atoms. The van der Waals surface area contributed by atoms with Crippen LogP contribution in [-0.2, 0) is 29.0 Å². The van der Waals surface area contributed by atoms with Crippen LogP contribution in [0.5, 0.6) is 23.5 Å². The van der Waals surface area contributed by atoms with Gasteiger partial charge in [-0.15, -0.1) is 5.10 Å². The van der Waals surface area contributed by atoms with Gasteiger partial charge in [-0.05, 0) is 77.7 Å². The van der Waals surface area contributed by atoms with Gasteiger partial charge in [-0.1, -0.05) is 23.2 Å². The molecule has 2 bridgehead atoms. The highest BCUT2D eigenvalue weighted by molar-refractivity contribution is 9.10. The van der Waals surface area contributed by atoms with Crippen LogP contribution in [-0.4, -0.2) is 80.0 Å². The zero-order valence-electron chi connectivity index (χ0n) is 29.3. The second-order valence-corrected chi connectivity index (χ2v) is 14.3. The standard InChI is InChI=1S/C24H28ClFN6O2.C11H10BrClFN3O2/c1-15-7-23(28-14-27-15)31-12-16-3-4-17(13-31)21(16)11-22-29-24(32(30-22)5-6-33-2)34-20-9-18(25)8-19(26)10-20;1-18-3-2-17-11(15-10(12)16-17)19-9-5-7(13)4-8(14)6-9/h7-10,14,16-17,21H,3-6,11-13H2,1-2H3;4-6H,2-3H2,1H3/t16-,17+,21?;. The number of hydrogen-bond donors (Lipinski definition) is 0. The second-order valence-electron chi connectivity index (χ2n) is 12.7. The van der Waals surface area contributed by atoms with Crippen molar-refractivity contribution in [2.75, 3.05) is 45.4 Å². The maximum Gasteiger partial charge on any atom is 0.321 e. The molecule has 1 saturated carbocycles. The number of benzene rings is 2. The van der Waals surface area contributed by atoms with Crippen molar-refractivity contribution >= 4 is 44.9 Å². The normalized spacial score (nSPS) is 17.8. The zero-order chi connectivity index (χ0) is 37.5. The average Bonchev–Trinajstić information content (AvgIpc) is 3.71. The van der Waals surface area contributed by atoms with E-state index in [2.05, 4.69) is 51.9 Å². The fourth-order valence-electron chi connectivity index (χ4n) is 6.62. The van der Waals surface area contributed by atoms with E-state index in [-0.39, 0.29) is 27.6 Å². The van der Waals surface area contributed by atoms with Gasteiger partial charge in [-0.25, -0.2) is 28.1 Å². The molecule has 1 saturated heterocycles. The summed E-state index contributed by atoms with van der Waals surface area (Å²) in [6.07, 6.45) is 4.83. The third-order valence-electron chi connectivity index (χ3n) is 8.96. The topological polar surface area (TPSA) is 127 Å². The Morgan fingerprint density at radius 1 is 0.774 bits per heavy atom. The Morgan fingerprint density at radius 3 is 1.89 bits per heavy atom. The van der Waals surface area contributed by atoms with E-state index in [1.807, 2.05) is 6.92 Å². The van der Waals surface area contributed by atoms with Gasteiger partial charge < -0.3 is 23.8 Å². The molecule has 282 valence electrons. The van der Waals surface area contributed by atoms with E-state index in [1.165, 1.54) is 47.9 Å². The lowest BCUT2D eigenvalue weighted by atomic mass is 9.82. The maximum atomic E-state index is 13.8. The highest BCUT2D eigenvalue weighted by Crippen LogP contribution is 2.44. The molecule has 1 aliphatic heterocycles. The number of rotatable bonds is 13. The molecular formula is C35H38BrCl2F2N9O4. The Kier molecular flexibility index (Phi) is 13.1. The van der Waals surface area contributed by atoms with Crippen molar-refractivity contribution in [2.24, 2.45) is 17.8 Å². The van der Waals surface area contributed by atoms with E-state index >= 15 is 0 Å². The molecule has 1 unspecified atom stereocenters. The van der Waals surface area contributed by atoms with Crippen LogP contribution in [0.1, 0.15) is 24.4 Å². The number of hydrogen-bond acceptors (Lipinski definition) is 11. The van der Waals surface area contributed by atoms with Gasteiger partial charge in [0.15, 0.2) is 5.82 Å². The number of halogens is 5. The first kappa shape index (κ1) is 38.8. The summed E-state index contributed by atoms with van der Waals surface area (Å²) in [6, 6.07) is 10.6. The van der Waals surface area contributed by atoms with Crippen molar-refractivity contribution in [3.8, 4) is 23.5 Å². The lowest BCUT2D eigenvalue weighted by Gasteiger charge is -2.38. The van der Waals surface area contributed by atoms with Crippen LogP contribution in [0.25, 0.3) is 0 Å². The molecule has 2 fully saturated rings. The Hall–Kier alpha value is -3.96. The van der Waals surface area contributed by atoms with E-state index in [1.54, 1.807) is 31.3 Å². The first-order valence-electron chi connectivity index (χ1n) is 16.9. The SMILES string of the molecule is COCCn1nc(Br)nc1Oc1cc(F)cc(Cl)c1.COCCn1nc(CC2[C@@H]3CC[C@H]2CN(c2cc(C)ncn2)C3)nc1Oc1cc(F)cc(Cl)c1. The minimum Gasteiger partial charge on any atom is -0.424 e. The molecule has 4 heterocycles. The molecule has 3 aromatic heterocycles. The Bertz CT molecular complexity index is 1950. The van der Waals surface area contributed by atoms with E-state index < -0.39 is 11.6 Å². The van der Waals surface area contributed by atoms with Crippen LogP contribution >= 0.6 is 39.1 Å². The number of aromatic nitrogens is 8. The summed E-state index contributed by atoms with van der Waals surface area (Å²) >= 11 is 14.9. The molecule has 0 amide bonds. The third kappa shape index (κ3) is 10.4. The van der Waals surface area contributed by atoms with E-state index in [9.17, 15) is 8.78 Å². The number of aryl methyl sites for hydroxylation is 1. The van der Waals surface area contributed by atoms with E-state index in [4.69, 9.17) is 47.2 Å². The summed E-state index contributed by atoms with van der Waals surface area (Å²) in [7, 11) is 3.22. The van der Waals surface area contributed by atoms with Gasteiger partial charge in [0.05, 0.1) is 26.3 Å². The lowest BCUT2D eigenvalue weighted by molar-refractivity contribution is 0.179. The van der Waals surface area contributed by atoms with Crippen molar-refractivity contribution in [3.63, 3.8) is 0 Å². The third-order valence-corrected chi connectivity index (χ3v) is 9.73. The first-order chi connectivity index (χ1) is 25.6. The molecule has 5 aromatic rings. The molecule has 53 heavy (non-hydrogen) atoms. The molecule has 13 nitrogen and oxygen atoms in total. The van der Waals surface area contributed by atoms with Gasteiger partial charge >= 0.3 is 12.0 Å². The summed E-state index contributed by atoms with van der Waals surface area (Å²) in [5.74, 6) is 2.97. The van der Waals surface area contributed by atoms with Gasteiger partial charge in [0.25, 0.3) is 0 Å². The van der Waals surface area contributed by atoms with Crippen LogP contribution < -0.4 is 14.4 Å². The fraction of sp³-hybridized carbons (Fsp3) is 0.429. The van der Waals surface area contributed by atoms with Gasteiger partial charge in [-0.2, -0.15) is 15.1 Å². The predicted octanol–water partition coefficient (Wildman–Crippen LogP) is 7.58. The largest absolute Gasteiger partial charge is 0.424 e. The summed E-state index contributed by atoms with van der Waals surface area (Å²) in [6.45, 7) is 5.82. The van der Waals surface area contributed by atoms with Crippen molar-refractivity contribution in [3.05, 3.63) is 86.7 Å². The summed E-state index contributed by atoms with van der Waals surface area (Å²) < 4.78 is 52.1. The van der Waals surface area contributed by atoms with Crippen molar-refractivity contribution in [2.45, 2.75) is 39.3 Å². The predicted molar refractivity (Wildman–Crippen MR) is 197 cm³/mol. The molecule has 7 rings (SSSR count). The van der Waals surface area contributed by atoms with E-state index in [0.717, 1.165) is 36.8 Å². The summed E-state index contributed by atoms with van der Waals surface area (Å²) in [4.78, 5) is 19.8. The smallest absolute Gasteiger partial charge is 0.321 e. The van der Waals surface area contributed by atoms with Crippen LogP contribution in [0.3, 0.4) is 0 Å². The van der Waals surface area contributed by atoms with Gasteiger partial charge in [0, 0.05) is 67.7 Å². The number of nitrogens with zero attached hydrogens (tertiary/aromatic N) is 9.